The number of amides is 1. The van der Waals surface area contributed by atoms with Gasteiger partial charge in [-0.15, -0.1) is 0 Å². The van der Waals surface area contributed by atoms with Crippen molar-refractivity contribution in [3.05, 3.63) is 46.9 Å². The number of nitrogens with zero attached hydrogens (tertiary/aromatic N) is 3. The molecule has 1 aliphatic rings. The van der Waals surface area contributed by atoms with Crippen LogP contribution < -0.4 is 15.0 Å². The van der Waals surface area contributed by atoms with E-state index < -0.39 is 0 Å². The van der Waals surface area contributed by atoms with Crippen LogP contribution in [0.2, 0.25) is 0 Å². The fourth-order valence-corrected chi connectivity index (χ4v) is 3.23. The van der Waals surface area contributed by atoms with Crippen LogP contribution in [-0.2, 0) is 23.2 Å². The van der Waals surface area contributed by atoms with E-state index in [9.17, 15) is 4.79 Å². The lowest BCUT2D eigenvalue weighted by molar-refractivity contribution is -0.113. The Bertz CT molecular complexity index is 920. The maximum atomic E-state index is 12.9. The summed E-state index contributed by atoms with van der Waals surface area (Å²) >= 11 is 5.36. The van der Waals surface area contributed by atoms with Gasteiger partial charge in [0.15, 0.2) is 5.11 Å². The summed E-state index contributed by atoms with van der Waals surface area (Å²) in [5.41, 5.74) is 3.60. The molecule has 2 aromatic rings. The molecule has 0 unspecified atom stereocenters. The Balaban J connectivity index is 1.90. The number of aryl methyl sites for hydroxylation is 2. The van der Waals surface area contributed by atoms with Crippen LogP contribution in [0.15, 0.2) is 30.1 Å². The fourth-order valence-electron chi connectivity index (χ4n) is 2.94. The third kappa shape index (κ3) is 3.86. The highest BCUT2D eigenvalue weighted by atomic mass is 32.1. The van der Waals surface area contributed by atoms with E-state index in [-0.39, 0.29) is 5.91 Å². The van der Waals surface area contributed by atoms with Gasteiger partial charge >= 0.3 is 0 Å². The van der Waals surface area contributed by atoms with Crippen molar-refractivity contribution in [3.8, 4) is 5.75 Å². The molecule has 1 aromatic heterocycles. The number of hydrogen-bond acceptors (Lipinski definition) is 5. The van der Waals surface area contributed by atoms with Gasteiger partial charge in [0.25, 0.3) is 5.91 Å². The molecule has 27 heavy (non-hydrogen) atoms. The second-order valence-corrected chi connectivity index (χ2v) is 6.50. The smallest absolute Gasteiger partial charge is 0.281 e. The predicted molar refractivity (Wildman–Crippen MR) is 107 cm³/mol. The molecule has 8 heteroatoms. The highest BCUT2D eigenvalue weighted by molar-refractivity contribution is 7.80. The van der Waals surface area contributed by atoms with Crippen molar-refractivity contribution in [1.82, 2.24) is 15.1 Å². The first-order chi connectivity index (χ1) is 12.9. The van der Waals surface area contributed by atoms with Crippen LogP contribution in [0.5, 0.6) is 5.75 Å². The molecule has 0 spiro atoms. The summed E-state index contributed by atoms with van der Waals surface area (Å²) < 4.78 is 12.5. The van der Waals surface area contributed by atoms with Crippen LogP contribution in [0.4, 0.5) is 5.69 Å². The van der Waals surface area contributed by atoms with Crippen LogP contribution in [0, 0.1) is 6.92 Å². The normalized spacial score (nSPS) is 15.6. The van der Waals surface area contributed by atoms with E-state index in [1.54, 1.807) is 24.1 Å². The summed E-state index contributed by atoms with van der Waals surface area (Å²) in [5, 5.41) is 7.62. The Morgan fingerprint density at radius 1 is 1.37 bits per heavy atom. The Hall–Kier alpha value is -2.71. The van der Waals surface area contributed by atoms with Gasteiger partial charge in [0.2, 0.25) is 0 Å². The molecule has 1 aromatic carbocycles. The van der Waals surface area contributed by atoms with Crippen LogP contribution in [0.3, 0.4) is 0 Å². The van der Waals surface area contributed by atoms with E-state index >= 15 is 0 Å². The van der Waals surface area contributed by atoms with Crippen molar-refractivity contribution in [1.29, 1.82) is 0 Å². The first kappa shape index (κ1) is 19.1. The van der Waals surface area contributed by atoms with E-state index in [0.717, 1.165) is 22.6 Å². The average Bonchev–Trinajstić information content (AvgIpc) is 3.10. The highest BCUT2D eigenvalue weighted by Crippen LogP contribution is 2.26. The number of thiocarbonyl (C=S) groups is 1. The van der Waals surface area contributed by atoms with Gasteiger partial charge in [0, 0.05) is 25.4 Å². The third-order valence-electron chi connectivity index (χ3n) is 4.18. The lowest BCUT2D eigenvalue weighted by Crippen LogP contribution is -2.30. The van der Waals surface area contributed by atoms with Gasteiger partial charge < -0.3 is 14.8 Å². The van der Waals surface area contributed by atoms with Gasteiger partial charge in [0.1, 0.15) is 11.4 Å². The minimum Gasteiger partial charge on any atom is -0.496 e. The monoisotopic (exact) mass is 386 g/mol. The van der Waals surface area contributed by atoms with Gasteiger partial charge in [-0.2, -0.15) is 5.10 Å². The Morgan fingerprint density at radius 2 is 2.15 bits per heavy atom. The first-order valence-corrected chi connectivity index (χ1v) is 8.97. The van der Waals surface area contributed by atoms with E-state index in [2.05, 4.69) is 10.4 Å². The number of carbonyl (C=O) groups is 1. The second kappa shape index (κ2) is 7.89. The zero-order valence-electron chi connectivity index (χ0n) is 15.8. The topological polar surface area (TPSA) is 68.6 Å². The van der Waals surface area contributed by atoms with Crippen LogP contribution in [0.1, 0.15) is 23.7 Å². The summed E-state index contributed by atoms with van der Waals surface area (Å²) in [7, 11) is 3.43. The molecule has 3 rings (SSSR count). The fraction of sp³-hybridized carbons (Fsp3) is 0.316. The second-order valence-electron chi connectivity index (χ2n) is 6.11. The molecular formula is C19H22N4O3S. The van der Waals surface area contributed by atoms with Gasteiger partial charge in [-0.1, -0.05) is 6.07 Å². The Morgan fingerprint density at radius 3 is 2.78 bits per heavy atom. The summed E-state index contributed by atoms with van der Waals surface area (Å²) in [5.74, 6) is 0.540. The average molecular weight is 386 g/mol. The predicted octanol–water partition coefficient (Wildman–Crippen LogP) is 2.54. The van der Waals surface area contributed by atoms with Gasteiger partial charge in [-0.25, -0.2) is 4.90 Å². The number of methoxy groups -OCH3 is 1. The number of ether oxygens (including phenoxy) is 2. The number of benzene rings is 1. The van der Waals surface area contributed by atoms with Crippen molar-refractivity contribution in [2.75, 3.05) is 18.6 Å². The number of carbonyl (C=O) groups excluding carboxylic acids is 1. The third-order valence-corrected chi connectivity index (χ3v) is 4.47. The Kier molecular flexibility index (Phi) is 5.57. The van der Waals surface area contributed by atoms with Gasteiger partial charge in [0.05, 0.1) is 25.1 Å². The van der Waals surface area contributed by atoms with Crippen LogP contribution in [0.25, 0.3) is 6.08 Å². The first-order valence-electron chi connectivity index (χ1n) is 8.56. The molecule has 7 nitrogen and oxygen atoms in total. The van der Waals surface area contributed by atoms with Crippen LogP contribution >= 0.6 is 12.2 Å². The molecule has 0 atom stereocenters. The molecular weight excluding hydrogens is 364 g/mol. The Labute approximate surface area is 163 Å². The molecule has 1 saturated heterocycles. The summed E-state index contributed by atoms with van der Waals surface area (Å²) in [6, 6.07) is 5.69. The van der Waals surface area contributed by atoms with Crippen molar-refractivity contribution in [2.45, 2.75) is 20.5 Å². The van der Waals surface area contributed by atoms with E-state index in [0.29, 0.717) is 29.7 Å². The van der Waals surface area contributed by atoms with Crippen molar-refractivity contribution >= 4 is 35.0 Å². The molecule has 1 amide bonds. The molecule has 1 aliphatic heterocycles. The van der Waals surface area contributed by atoms with Crippen LogP contribution in [-0.4, -0.2) is 34.5 Å². The summed E-state index contributed by atoms with van der Waals surface area (Å²) in [6.07, 6.45) is 3.55. The molecule has 0 saturated carbocycles. The zero-order valence-corrected chi connectivity index (χ0v) is 16.6. The molecule has 0 bridgehead atoms. The maximum absolute atomic E-state index is 12.9. The van der Waals surface area contributed by atoms with Crippen molar-refractivity contribution in [3.63, 3.8) is 0 Å². The zero-order chi connectivity index (χ0) is 19.6. The van der Waals surface area contributed by atoms with Crippen molar-refractivity contribution < 1.29 is 14.3 Å². The van der Waals surface area contributed by atoms with Crippen molar-refractivity contribution in [2.24, 2.45) is 7.05 Å². The SMILES string of the molecule is CCOCc1cc(/C=C2/NC(=S)N(c3cn(C)nc3C)C2=O)ccc1OC. The molecule has 1 N–H and O–H groups in total. The lowest BCUT2D eigenvalue weighted by atomic mass is 10.1. The number of hydrogen-bond donors (Lipinski definition) is 1. The number of anilines is 1. The lowest BCUT2D eigenvalue weighted by Gasteiger charge is -2.12. The summed E-state index contributed by atoms with van der Waals surface area (Å²) in [4.78, 5) is 14.3. The van der Waals surface area contributed by atoms with E-state index in [1.807, 2.05) is 39.1 Å². The maximum Gasteiger partial charge on any atom is 0.281 e. The molecule has 142 valence electrons. The minimum absolute atomic E-state index is 0.210. The molecule has 0 radical (unpaired) electrons. The molecule has 0 aliphatic carbocycles. The van der Waals surface area contributed by atoms with Gasteiger partial charge in [-0.05, 0) is 49.8 Å². The van der Waals surface area contributed by atoms with E-state index in [1.165, 1.54) is 4.90 Å². The molecule has 2 heterocycles. The highest BCUT2D eigenvalue weighted by Gasteiger charge is 2.33. The number of nitrogens with one attached hydrogen (secondary N) is 1. The number of rotatable bonds is 6. The molecule has 1 fully saturated rings. The minimum atomic E-state index is -0.210. The standard InChI is InChI=1S/C19H22N4O3S/c1-5-26-11-14-8-13(6-7-17(14)25-4)9-15-18(24)23(19(27)20-15)16-10-22(3)21-12(16)2/h6-10H,5,11H2,1-4H3,(H,20,27)/b15-9+. The largest absolute Gasteiger partial charge is 0.496 e. The number of aromatic nitrogens is 2. The summed E-state index contributed by atoms with van der Waals surface area (Å²) in [6.45, 7) is 4.84. The van der Waals surface area contributed by atoms with Gasteiger partial charge in [-0.3, -0.25) is 9.48 Å². The quantitative estimate of drug-likeness (QED) is 0.608. The van der Waals surface area contributed by atoms with E-state index in [4.69, 9.17) is 21.7 Å².